The molecule has 6 nitrogen and oxygen atoms in total. The highest BCUT2D eigenvalue weighted by Gasteiger charge is 2.26. The van der Waals surface area contributed by atoms with Crippen LogP contribution in [0, 0.1) is 5.92 Å². The number of rotatable bonds is 6. The molecule has 3 rings (SSSR count). The number of carbonyl (C=O) groups is 2. The van der Waals surface area contributed by atoms with Crippen LogP contribution in [-0.4, -0.2) is 73.0 Å². The molecule has 2 aliphatic heterocycles. The Labute approximate surface area is 168 Å². The second kappa shape index (κ2) is 9.92. The van der Waals surface area contributed by atoms with Crippen LogP contribution in [0.4, 0.5) is 4.79 Å². The van der Waals surface area contributed by atoms with E-state index >= 15 is 0 Å². The van der Waals surface area contributed by atoms with Crippen molar-refractivity contribution >= 4 is 11.9 Å². The standard InChI is InChI=1S/C22H34N4O2/c1-24(2)22(28)26-14-10-18(11-15-26)8-9-21(27)23-20-12-13-25(17-20)16-19-6-4-3-5-7-19/h3-7,18,20H,8-17H2,1-2H3,(H,23,27). The Morgan fingerprint density at radius 2 is 1.79 bits per heavy atom. The van der Waals surface area contributed by atoms with Crippen LogP contribution in [-0.2, 0) is 11.3 Å². The number of hydrogen-bond donors (Lipinski definition) is 1. The zero-order valence-electron chi connectivity index (χ0n) is 17.3. The van der Waals surface area contributed by atoms with Crippen LogP contribution in [0.1, 0.15) is 37.7 Å². The van der Waals surface area contributed by atoms with E-state index in [-0.39, 0.29) is 18.0 Å². The lowest BCUT2D eigenvalue weighted by Gasteiger charge is -2.33. The summed E-state index contributed by atoms with van der Waals surface area (Å²) in [6.07, 6.45) is 4.56. The van der Waals surface area contributed by atoms with Gasteiger partial charge in [-0.1, -0.05) is 30.3 Å². The Bertz CT molecular complexity index is 641. The van der Waals surface area contributed by atoms with Gasteiger partial charge in [-0.25, -0.2) is 4.79 Å². The number of amides is 3. The molecule has 0 aliphatic carbocycles. The van der Waals surface area contributed by atoms with Gasteiger partial charge in [0, 0.05) is 59.3 Å². The second-order valence-corrected chi connectivity index (χ2v) is 8.42. The first-order chi connectivity index (χ1) is 13.5. The molecule has 1 unspecified atom stereocenters. The van der Waals surface area contributed by atoms with Gasteiger partial charge in [0.1, 0.15) is 0 Å². The van der Waals surface area contributed by atoms with Crippen molar-refractivity contribution in [2.24, 2.45) is 5.92 Å². The summed E-state index contributed by atoms with van der Waals surface area (Å²) in [6.45, 7) is 4.54. The lowest BCUT2D eigenvalue weighted by molar-refractivity contribution is -0.122. The fraction of sp³-hybridized carbons (Fsp3) is 0.636. The van der Waals surface area contributed by atoms with Gasteiger partial charge in [-0.2, -0.15) is 0 Å². The topological polar surface area (TPSA) is 55.9 Å². The molecule has 2 aliphatic rings. The average Bonchev–Trinajstić information content (AvgIpc) is 3.13. The summed E-state index contributed by atoms with van der Waals surface area (Å²) in [7, 11) is 3.59. The van der Waals surface area contributed by atoms with Crippen molar-refractivity contribution in [3.05, 3.63) is 35.9 Å². The molecule has 1 N–H and O–H groups in total. The van der Waals surface area contributed by atoms with Crippen LogP contribution in [0.5, 0.6) is 0 Å². The quantitative estimate of drug-likeness (QED) is 0.817. The van der Waals surface area contributed by atoms with E-state index in [1.165, 1.54) is 5.56 Å². The molecule has 3 amide bonds. The molecule has 2 heterocycles. The van der Waals surface area contributed by atoms with Gasteiger partial charge in [-0.05, 0) is 37.2 Å². The normalized spacial score (nSPS) is 20.9. The van der Waals surface area contributed by atoms with E-state index in [0.717, 1.165) is 58.4 Å². The van der Waals surface area contributed by atoms with Crippen LogP contribution in [0.25, 0.3) is 0 Å². The van der Waals surface area contributed by atoms with Crippen LogP contribution in [0.15, 0.2) is 30.3 Å². The van der Waals surface area contributed by atoms with Crippen molar-refractivity contribution in [1.82, 2.24) is 20.0 Å². The molecule has 2 saturated heterocycles. The molecule has 0 aromatic heterocycles. The molecule has 1 aromatic carbocycles. The number of benzene rings is 1. The van der Waals surface area contributed by atoms with Crippen molar-refractivity contribution in [3.8, 4) is 0 Å². The van der Waals surface area contributed by atoms with Gasteiger partial charge in [0.05, 0.1) is 0 Å². The number of nitrogens with one attached hydrogen (secondary N) is 1. The third kappa shape index (κ3) is 5.96. The summed E-state index contributed by atoms with van der Waals surface area (Å²) < 4.78 is 0. The van der Waals surface area contributed by atoms with Crippen molar-refractivity contribution in [2.45, 2.75) is 44.7 Å². The lowest BCUT2D eigenvalue weighted by atomic mass is 9.92. The van der Waals surface area contributed by atoms with Gasteiger partial charge in [0.25, 0.3) is 0 Å². The van der Waals surface area contributed by atoms with E-state index in [9.17, 15) is 9.59 Å². The van der Waals surface area contributed by atoms with E-state index in [1.54, 1.807) is 19.0 Å². The summed E-state index contributed by atoms with van der Waals surface area (Å²) in [5.74, 6) is 0.730. The Balaban J connectivity index is 1.32. The molecule has 28 heavy (non-hydrogen) atoms. The minimum atomic E-state index is 0.0949. The minimum absolute atomic E-state index is 0.0949. The molecule has 0 spiro atoms. The lowest BCUT2D eigenvalue weighted by Crippen LogP contribution is -2.44. The number of urea groups is 1. The fourth-order valence-electron chi connectivity index (χ4n) is 4.27. The molecule has 2 fully saturated rings. The summed E-state index contributed by atoms with van der Waals surface area (Å²) in [4.78, 5) is 30.3. The minimum Gasteiger partial charge on any atom is -0.352 e. The average molecular weight is 387 g/mol. The maximum Gasteiger partial charge on any atom is 0.319 e. The number of piperidine rings is 1. The molecule has 154 valence electrons. The summed E-state index contributed by atoms with van der Waals surface area (Å²) in [5.41, 5.74) is 1.33. The highest BCUT2D eigenvalue weighted by molar-refractivity contribution is 5.76. The number of likely N-dealkylation sites (tertiary alicyclic amines) is 2. The van der Waals surface area contributed by atoms with E-state index in [4.69, 9.17) is 0 Å². The van der Waals surface area contributed by atoms with Crippen LogP contribution in [0.2, 0.25) is 0 Å². The smallest absolute Gasteiger partial charge is 0.319 e. The van der Waals surface area contributed by atoms with Crippen molar-refractivity contribution in [1.29, 1.82) is 0 Å². The van der Waals surface area contributed by atoms with Crippen molar-refractivity contribution in [2.75, 3.05) is 40.3 Å². The van der Waals surface area contributed by atoms with Crippen LogP contribution in [0.3, 0.4) is 0 Å². The highest BCUT2D eigenvalue weighted by Crippen LogP contribution is 2.22. The summed E-state index contributed by atoms with van der Waals surface area (Å²) >= 11 is 0. The third-order valence-corrected chi connectivity index (χ3v) is 5.93. The van der Waals surface area contributed by atoms with Crippen LogP contribution >= 0.6 is 0 Å². The summed E-state index contributed by atoms with van der Waals surface area (Å²) in [6, 6.07) is 10.9. The van der Waals surface area contributed by atoms with Gasteiger partial charge in [0.2, 0.25) is 5.91 Å². The molecule has 6 heteroatoms. The molecule has 0 radical (unpaired) electrons. The van der Waals surface area contributed by atoms with E-state index in [0.29, 0.717) is 12.3 Å². The highest BCUT2D eigenvalue weighted by atomic mass is 16.2. The molecule has 1 atom stereocenters. The largest absolute Gasteiger partial charge is 0.352 e. The molecule has 0 saturated carbocycles. The van der Waals surface area contributed by atoms with Crippen molar-refractivity contribution in [3.63, 3.8) is 0 Å². The Kier molecular flexibility index (Phi) is 7.31. The van der Waals surface area contributed by atoms with E-state index < -0.39 is 0 Å². The summed E-state index contributed by atoms with van der Waals surface area (Å²) in [5, 5.41) is 3.22. The predicted octanol–water partition coefficient (Wildman–Crippen LogP) is 2.55. The van der Waals surface area contributed by atoms with Crippen molar-refractivity contribution < 1.29 is 9.59 Å². The predicted molar refractivity (Wildman–Crippen MR) is 111 cm³/mol. The zero-order chi connectivity index (χ0) is 19.9. The molecule has 0 bridgehead atoms. The van der Waals surface area contributed by atoms with E-state index in [2.05, 4.69) is 34.5 Å². The molecular weight excluding hydrogens is 352 g/mol. The number of nitrogens with zero attached hydrogens (tertiary/aromatic N) is 3. The van der Waals surface area contributed by atoms with Gasteiger partial charge >= 0.3 is 6.03 Å². The Hall–Kier alpha value is -2.08. The third-order valence-electron chi connectivity index (χ3n) is 5.93. The van der Waals surface area contributed by atoms with Crippen LogP contribution < -0.4 is 5.32 Å². The van der Waals surface area contributed by atoms with E-state index in [1.807, 2.05) is 11.0 Å². The second-order valence-electron chi connectivity index (χ2n) is 8.42. The molecular formula is C22H34N4O2. The maximum atomic E-state index is 12.4. The SMILES string of the molecule is CN(C)C(=O)N1CCC(CCC(=O)NC2CCN(Cc3ccccc3)C2)CC1. The Morgan fingerprint density at radius 3 is 2.46 bits per heavy atom. The van der Waals surface area contributed by atoms with Gasteiger partial charge in [0.15, 0.2) is 0 Å². The monoisotopic (exact) mass is 386 g/mol. The number of hydrogen-bond acceptors (Lipinski definition) is 3. The Morgan fingerprint density at radius 1 is 1.07 bits per heavy atom. The number of carbonyl (C=O) groups excluding carboxylic acids is 2. The first kappa shape index (κ1) is 20.6. The fourth-order valence-corrected chi connectivity index (χ4v) is 4.27. The maximum absolute atomic E-state index is 12.4. The zero-order valence-corrected chi connectivity index (χ0v) is 17.3. The first-order valence-corrected chi connectivity index (χ1v) is 10.5. The van der Waals surface area contributed by atoms with Gasteiger partial charge < -0.3 is 15.1 Å². The first-order valence-electron chi connectivity index (χ1n) is 10.5. The van der Waals surface area contributed by atoms with Gasteiger partial charge in [-0.15, -0.1) is 0 Å². The van der Waals surface area contributed by atoms with Gasteiger partial charge in [-0.3, -0.25) is 9.69 Å². The molecule has 1 aromatic rings.